The van der Waals surface area contributed by atoms with E-state index in [1.54, 1.807) is 6.26 Å². The highest BCUT2D eigenvalue weighted by Gasteiger charge is 2.21. The second kappa shape index (κ2) is 5.56. The van der Waals surface area contributed by atoms with E-state index in [0.717, 1.165) is 11.0 Å². The molecule has 0 fully saturated rings. The number of rotatable bonds is 2. The van der Waals surface area contributed by atoms with Gasteiger partial charge in [0.15, 0.2) is 6.20 Å². The van der Waals surface area contributed by atoms with E-state index in [1.165, 1.54) is 32.8 Å². The maximum absolute atomic E-state index is 5.65. The Morgan fingerprint density at radius 2 is 1.72 bits per heavy atom. The first-order valence-corrected chi connectivity index (χ1v) is 12.3. The van der Waals surface area contributed by atoms with Crippen LogP contribution in [0.2, 0.25) is 19.6 Å². The number of benzene rings is 2. The zero-order chi connectivity index (χ0) is 17.8. The topological polar surface area (TPSA) is 17.0 Å². The molecule has 0 unspecified atom stereocenters. The molecule has 4 rings (SSSR count). The second-order valence-corrected chi connectivity index (χ2v) is 13.0. The van der Waals surface area contributed by atoms with Crippen LogP contribution in [0.5, 0.6) is 0 Å². The average Bonchev–Trinajstić information content (AvgIpc) is 3.00. The molecule has 0 aliphatic rings. The molecule has 2 nitrogen and oxygen atoms in total. The van der Waals surface area contributed by atoms with Crippen molar-refractivity contribution < 1.29 is 8.98 Å². The van der Waals surface area contributed by atoms with Gasteiger partial charge in [-0.25, -0.2) is 4.57 Å². The SMILES string of the molecule is Cc1cc2ccoc2cc1-c1c2ccc([Si](C)(C)C)cc2cc[n+]1C. The molecule has 0 aliphatic carbocycles. The first kappa shape index (κ1) is 16.1. The summed E-state index contributed by atoms with van der Waals surface area (Å²) >= 11 is 0. The van der Waals surface area contributed by atoms with Crippen molar-refractivity contribution in [3.05, 3.63) is 60.5 Å². The first-order chi connectivity index (χ1) is 11.8. The van der Waals surface area contributed by atoms with Crippen LogP contribution in [0.15, 0.2) is 59.3 Å². The van der Waals surface area contributed by atoms with E-state index in [2.05, 4.69) is 80.8 Å². The molecule has 0 atom stereocenters. The number of hydrogen-bond donors (Lipinski definition) is 0. The minimum absolute atomic E-state index is 0.941. The van der Waals surface area contributed by atoms with Crippen LogP contribution in [0, 0.1) is 6.92 Å². The summed E-state index contributed by atoms with van der Waals surface area (Å²) in [5, 5.41) is 5.26. The smallest absolute Gasteiger partial charge is 0.220 e. The number of aromatic nitrogens is 1. The Morgan fingerprint density at radius 1 is 0.920 bits per heavy atom. The van der Waals surface area contributed by atoms with Gasteiger partial charge in [-0.1, -0.05) is 37.0 Å². The Balaban J connectivity index is 2.02. The molecule has 0 spiro atoms. The maximum Gasteiger partial charge on any atom is 0.220 e. The molecule has 0 aliphatic heterocycles. The molecule has 0 N–H and O–H groups in total. The summed E-state index contributed by atoms with van der Waals surface area (Å²) in [5.41, 5.74) is 4.69. The fourth-order valence-corrected chi connectivity index (χ4v) is 4.72. The summed E-state index contributed by atoms with van der Waals surface area (Å²) in [7, 11) is 0.797. The van der Waals surface area contributed by atoms with Crippen LogP contribution in [-0.4, -0.2) is 8.07 Å². The highest BCUT2D eigenvalue weighted by Crippen LogP contribution is 2.31. The molecular weight excluding hydrogens is 322 g/mol. The van der Waals surface area contributed by atoms with Crippen molar-refractivity contribution in [1.29, 1.82) is 0 Å². The van der Waals surface area contributed by atoms with Gasteiger partial charge in [-0.05, 0) is 42.1 Å². The van der Waals surface area contributed by atoms with Gasteiger partial charge in [0.1, 0.15) is 12.6 Å². The summed E-state index contributed by atoms with van der Waals surface area (Å²) in [5.74, 6) is 0. The van der Waals surface area contributed by atoms with Crippen molar-refractivity contribution in [2.24, 2.45) is 7.05 Å². The number of nitrogens with zero attached hydrogens (tertiary/aromatic N) is 1. The lowest BCUT2D eigenvalue weighted by atomic mass is 9.98. The van der Waals surface area contributed by atoms with Crippen LogP contribution in [0.4, 0.5) is 0 Å². The highest BCUT2D eigenvalue weighted by atomic mass is 28.3. The van der Waals surface area contributed by atoms with Crippen LogP contribution in [0.1, 0.15) is 5.56 Å². The van der Waals surface area contributed by atoms with Crippen molar-refractivity contribution in [2.75, 3.05) is 0 Å². The number of pyridine rings is 1. The molecule has 0 bridgehead atoms. The van der Waals surface area contributed by atoms with Gasteiger partial charge in [-0.3, -0.25) is 0 Å². The minimum Gasteiger partial charge on any atom is -0.464 e. The molecule has 126 valence electrons. The lowest BCUT2D eigenvalue weighted by Gasteiger charge is -2.17. The van der Waals surface area contributed by atoms with Gasteiger partial charge in [0.05, 0.1) is 25.3 Å². The third-order valence-corrected chi connectivity index (χ3v) is 7.10. The monoisotopic (exact) mass is 346 g/mol. The predicted molar refractivity (Wildman–Crippen MR) is 108 cm³/mol. The first-order valence-electron chi connectivity index (χ1n) is 8.76. The molecule has 2 heterocycles. The van der Waals surface area contributed by atoms with E-state index >= 15 is 0 Å². The predicted octanol–water partition coefficient (Wildman–Crippen LogP) is 4.93. The van der Waals surface area contributed by atoms with Gasteiger partial charge >= 0.3 is 0 Å². The third kappa shape index (κ3) is 2.69. The summed E-state index contributed by atoms with van der Waals surface area (Å²) in [6.45, 7) is 9.37. The van der Waals surface area contributed by atoms with E-state index in [9.17, 15) is 0 Å². The molecule has 3 heteroatoms. The van der Waals surface area contributed by atoms with Crippen LogP contribution in [-0.2, 0) is 7.05 Å². The quantitative estimate of drug-likeness (QED) is 0.371. The Bertz CT molecular complexity index is 1100. The maximum atomic E-state index is 5.65. The largest absolute Gasteiger partial charge is 0.464 e. The summed E-state index contributed by atoms with van der Waals surface area (Å²) < 4.78 is 7.86. The standard InChI is InChI=1S/C22H24NOSi/c1-15-12-17-9-11-24-21(17)14-20(15)22-19-7-6-18(25(3,4)5)13-16(19)8-10-23(22)2/h6-14H,1-5H3/q+1. The Morgan fingerprint density at radius 3 is 2.48 bits per heavy atom. The van der Waals surface area contributed by atoms with E-state index in [1.807, 2.05) is 6.07 Å². The average molecular weight is 347 g/mol. The van der Waals surface area contributed by atoms with Crippen molar-refractivity contribution in [3.8, 4) is 11.3 Å². The van der Waals surface area contributed by atoms with Crippen LogP contribution in [0.3, 0.4) is 0 Å². The fourth-order valence-electron chi connectivity index (χ4n) is 3.55. The van der Waals surface area contributed by atoms with Gasteiger partial charge in [-0.2, -0.15) is 0 Å². The van der Waals surface area contributed by atoms with E-state index in [-0.39, 0.29) is 0 Å². The van der Waals surface area contributed by atoms with E-state index < -0.39 is 8.07 Å². The summed E-state index contributed by atoms with van der Waals surface area (Å²) in [4.78, 5) is 0. The summed E-state index contributed by atoms with van der Waals surface area (Å²) in [6.07, 6.45) is 3.93. The van der Waals surface area contributed by atoms with Gasteiger partial charge in [-0.15, -0.1) is 0 Å². The molecule has 0 radical (unpaired) electrons. The van der Waals surface area contributed by atoms with E-state index in [4.69, 9.17) is 4.42 Å². The molecule has 0 saturated heterocycles. The highest BCUT2D eigenvalue weighted by molar-refractivity contribution is 6.88. The second-order valence-electron chi connectivity index (χ2n) is 7.95. The van der Waals surface area contributed by atoms with Crippen molar-refractivity contribution in [2.45, 2.75) is 26.6 Å². The molecule has 25 heavy (non-hydrogen) atoms. The third-order valence-electron chi connectivity index (χ3n) is 5.06. The Kier molecular flexibility index (Phi) is 3.58. The molecular formula is C22H24NOSi+. The van der Waals surface area contributed by atoms with Crippen LogP contribution < -0.4 is 9.75 Å². The molecule has 4 aromatic rings. The zero-order valence-corrected chi connectivity index (χ0v) is 16.6. The van der Waals surface area contributed by atoms with Crippen LogP contribution in [0.25, 0.3) is 33.0 Å². The van der Waals surface area contributed by atoms with Gasteiger partial charge in [0.25, 0.3) is 0 Å². The van der Waals surface area contributed by atoms with Crippen molar-refractivity contribution in [3.63, 3.8) is 0 Å². The van der Waals surface area contributed by atoms with Crippen molar-refractivity contribution >= 4 is 35.0 Å². The van der Waals surface area contributed by atoms with Gasteiger partial charge in [0, 0.05) is 11.5 Å². The molecule has 0 amide bonds. The Hall–Kier alpha value is -2.39. The molecule has 2 aromatic carbocycles. The normalized spacial score (nSPS) is 12.2. The zero-order valence-electron chi connectivity index (χ0n) is 15.6. The number of aryl methyl sites for hydroxylation is 2. The van der Waals surface area contributed by atoms with Gasteiger partial charge in [0.2, 0.25) is 5.69 Å². The molecule has 2 aromatic heterocycles. The molecule has 0 saturated carbocycles. The van der Waals surface area contributed by atoms with Crippen molar-refractivity contribution in [1.82, 2.24) is 0 Å². The number of furan rings is 1. The lowest BCUT2D eigenvalue weighted by molar-refractivity contribution is -0.659. The number of hydrogen-bond acceptors (Lipinski definition) is 1. The van der Waals surface area contributed by atoms with Crippen LogP contribution >= 0.6 is 0 Å². The lowest BCUT2D eigenvalue weighted by Crippen LogP contribution is -2.37. The fraction of sp³-hybridized carbons (Fsp3) is 0.227. The van der Waals surface area contributed by atoms with Gasteiger partial charge < -0.3 is 4.42 Å². The number of fused-ring (bicyclic) bond motifs is 2. The van der Waals surface area contributed by atoms with E-state index in [0.29, 0.717) is 0 Å². The minimum atomic E-state index is -1.32. The summed E-state index contributed by atoms with van der Waals surface area (Å²) in [6, 6.07) is 15.6. The Labute approximate surface area is 149 Å².